The van der Waals surface area contributed by atoms with E-state index < -0.39 is 41.1 Å². The number of hydrogen-bond donors (Lipinski definition) is 2. The molecule has 1 aliphatic rings. The van der Waals surface area contributed by atoms with E-state index in [0.717, 1.165) is 0 Å². The Morgan fingerprint density at radius 3 is 2.59 bits per heavy atom. The molecule has 0 aliphatic carbocycles. The van der Waals surface area contributed by atoms with Crippen molar-refractivity contribution in [3.63, 3.8) is 0 Å². The van der Waals surface area contributed by atoms with Crippen LogP contribution in [0.15, 0.2) is 29.5 Å². The predicted molar refractivity (Wildman–Crippen MR) is 109 cm³/mol. The fraction of sp³-hybridized carbons (Fsp3) is 0.647. The maximum atomic E-state index is 12.0. The van der Waals surface area contributed by atoms with Gasteiger partial charge in [-0.25, -0.2) is 4.98 Å². The van der Waals surface area contributed by atoms with Crippen LogP contribution in [-0.2, 0) is 18.3 Å². The van der Waals surface area contributed by atoms with E-state index in [1.54, 1.807) is 4.57 Å². The number of aliphatic hydroxyl groups excluding tert-OH is 1. The van der Waals surface area contributed by atoms with E-state index in [1.165, 1.54) is 29.1 Å². The molecule has 0 aromatic carbocycles. The molecule has 5 atom stereocenters. The first-order chi connectivity index (χ1) is 13.5. The zero-order valence-electron chi connectivity index (χ0n) is 17.1. The van der Waals surface area contributed by atoms with Crippen LogP contribution in [-0.4, -0.2) is 57.2 Å². The molecule has 1 unspecified atom stereocenters. The Labute approximate surface area is 170 Å². The highest BCUT2D eigenvalue weighted by Crippen LogP contribution is 2.44. The second kappa shape index (κ2) is 8.07. The van der Waals surface area contributed by atoms with Gasteiger partial charge in [-0.1, -0.05) is 20.8 Å². The van der Waals surface area contributed by atoms with Gasteiger partial charge in [-0.2, -0.15) is 0 Å². The topological polar surface area (TPSA) is 125 Å². The second-order valence-corrected chi connectivity index (χ2v) is 14.1. The van der Waals surface area contributed by atoms with E-state index in [4.69, 9.17) is 13.7 Å². The Bertz CT molecular complexity index is 954. The third-order valence-electron chi connectivity index (χ3n) is 5.68. The van der Waals surface area contributed by atoms with Gasteiger partial charge in [0.05, 0.1) is 6.61 Å². The first-order valence-corrected chi connectivity index (χ1v) is 13.5. The summed E-state index contributed by atoms with van der Waals surface area (Å²) in [4.78, 5) is 25.7. The quantitative estimate of drug-likeness (QED) is 0.507. The molecular formula is C17H28N3O7PSi. The highest BCUT2D eigenvalue weighted by Gasteiger charge is 2.52. The summed E-state index contributed by atoms with van der Waals surface area (Å²) in [5.41, 5.74) is -0.271. The molecule has 0 bridgehead atoms. The van der Waals surface area contributed by atoms with Gasteiger partial charge in [-0.15, -0.1) is 0 Å². The number of fused-ring (bicyclic) bond motifs is 1. The van der Waals surface area contributed by atoms with Crippen LogP contribution in [0.3, 0.4) is 0 Å². The highest BCUT2D eigenvalue weighted by molar-refractivity contribution is 7.32. The Kier molecular flexibility index (Phi) is 6.22. The van der Waals surface area contributed by atoms with Crippen molar-refractivity contribution in [2.45, 2.75) is 63.4 Å². The van der Waals surface area contributed by atoms with Gasteiger partial charge in [-0.05, 0) is 18.1 Å². The monoisotopic (exact) mass is 445 g/mol. The Morgan fingerprint density at radius 2 is 2.00 bits per heavy atom. The fourth-order valence-electron chi connectivity index (χ4n) is 3.13. The maximum Gasteiger partial charge on any atom is 0.317 e. The van der Waals surface area contributed by atoms with E-state index in [1.807, 2.05) is 13.1 Å². The average molecular weight is 445 g/mol. The van der Waals surface area contributed by atoms with E-state index >= 15 is 0 Å². The molecule has 0 amide bonds. The standard InChI is InChI=1S/C17H28N3O7PSi/c1-17(2,3)29(4,5)27-13-11(10-21)25-15(14(13)26-28(23)24)20-8-6-12(22)19-9-7-18-16(19)20/h6-9,11,13-15,21,28H,10H2,1-5H3,(H,23,24)/t11-,13-,14-,15-/m1/s1. The summed E-state index contributed by atoms with van der Waals surface area (Å²) in [5, 5.41) is 9.78. The SMILES string of the molecule is CC(C)(C)[Si](C)(C)O[C@H]1[C@@H](O[PH](=O)O)[C@H](n2ccc(=O)n3ccnc23)O[C@@H]1CO. The number of imidazole rings is 1. The summed E-state index contributed by atoms with van der Waals surface area (Å²) in [6, 6.07) is 1.34. The molecular weight excluding hydrogens is 417 g/mol. The van der Waals surface area contributed by atoms with Crippen LogP contribution in [0.25, 0.3) is 5.78 Å². The molecule has 0 saturated carbocycles. The molecule has 0 spiro atoms. The summed E-state index contributed by atoms with van der Waals surface area (Å²) in [6.07, 6.45) is 1.07. The number of ether oxygens (including phenoxy) is 1. The molecule has 1 fully saturated rings. The molecule has 0 radical (unpaired) electrons. The van der Waals surface area contributed by atoms with Gasteiger partial charge in [0.2, 0.25) is 5.78 Å². The number of aliphatic hydroxyl groups is 1. The minimum Gasteiger partial charge on any atom is -0.408 e. The van der Waals surface area contributed by atoms with Crippen LogP contribution in [0.5, 0.6) is 0 Å². The molecule has 29 heavy (non-hydrogen) atoms. The molecule has 3 heterocycles. The molecule has 2 aromatic heterocycles. The van der Waals surface area contributed by atoms with Crippen molar-refractivity contribution in [1.29, 1.82) is 0 Å². The number of hydrogen-bond acceptors (Lipinski definition) is 7. The van der Waals surface area contributed by atoms with Gasteiger partial charge in [-0.3, -0.25) is 22.9 Å². The van der Waals surface area contributed by atoms with Crippen LogP contribution < -0.4 is 5.56 Å². The third kappa shape index (κ3) is 4.27. The van der Waals surface area contributed by atoms with Crippen LogP contribution in [0.1, 0.15) is 27.0 Å². The summed E-state index contributed by atoms with van der Waals surface area (Å²) < 4.78 is 32.3. The van der Waals surface area contributed by atoms with Gasteiger partial charge < -0.3 is 19.2 Å². The van der Waals surface area contributed by atoms with Gasteiger partial charge in [0.15, 0.2) is 14.5 Å². The predicted octanol–water partition coefficient (Wildman–Crippen LogP) is 1.54. The molecule has 10 nitrogen and oxygen atoms in total. The van der Waals surface area contributed by atoms with Crippen molar-refractivity contribution in [3.8, 4) is 0 Å². The first-order valence-electron chi connectivity index (χ1n) is 9.34. The van der Waals surface area contributed by atoms with Crippen LogP contribution in [0.2, 0.25) is 18.1 Å². The van der Waals surface area contributed by atoms with E-state index in [9.17, 15) is 19.4 Å². The fourth-order valence-corrected chi connectivity index (χ4v) is 4.93. The lowest BCUT2D eigenvalue weighted by atomic mass is 10.1. The molecule has 1 aliphatic heterocycles. The smallest absolute Gasteiger partial charge is 0.317 e. The van der Waals surface area contributed by atoms with Gasteiger partial charge in [0.25, 0.3) is 5.56 Å². The van der Waals surface area contributed by atoms with Crippen molar-refractivity contribution in [2.75, 3.05) is 6.61 Å². The third-order valence-corrected chi connectivity index (χ3v) is 10.6. The van der Waals surface area contributed by atoms with Crippen LogP contribution in [0, 0.1) is 0 Å². The second-order valence-electron chi connectivity index (χ2n) is 8.60. The highest BCUT2D eigenvalue weighted by atomic mass is 31.1. The van der Waals surface area contributed by atoms with Crippen molar-refractivity contribution in [3.05, 3.63) is 35.0 Å². The maximum absolute atomic E-state index is 12.0. The Morgan fingerprint density at radius 1 is 1.31 bits per heavy atom. The van der Waals surface area contributed by atoms with Crippen molar-refractivity contribution < 1.29 is 28.3 Å². The van der Waals surface area contributed by atoms with Crippen LogP contribution >= 0.6 is 8.25 Å². The molecule has 2 N–H and O–H groups in total. The number of aromatic nitrogens is 3. The summed E-state index contributed by atoms with van der Waals surface area (Å²) >= 11 is 0. The lowest BCUT2D eigenvalue weighted by Gasteiger charge is -2.40. The zero-order chi connectivity index (χ0) is 21.6. The first kappa shape index (κ1) is 22.4. The normalized spacial score (nSPS) is 26.9. The number of rotatable bonds is 6. The van der Waals surface area contributed by atoms with Gasteiger partial charge in [0, 0.05) is 24.7 Å². The molecule has 1 saturated heterocycles. The molecule has 3 rings (SSSR count). The van der Waals surface area contributed by atoms with Crippen LogP contribution in [0.4, 0.5) is 0 Å². The minimum atomic E-state index is -3.34. The number of nitrogens with zero attached hydrogens (tertiary/aromatic N) is 3. The largest absolute Gasteiger partial charge is 0.408 e. The lowest BCUT2D eigenvalue weighted by Crippen LogP contribution is -2.50. The average Bonchev–Trinajstić information content (AvgIpc) is 3.21. The van der Waals surface area contributed by atoms with Gasteiger partial charge >= 0.3 is 8.25 Å². The van der Waals surface area contributed by atoms with Crippen molar-refractivity contribution in [2.24, 2.45) is 0 Å². The zero-order valence-corrected chi connectivity index (χ0v) is 19.1. The van der Waals surface area contributed by atoms with E-state index in [2.05, 4.69) is 25.8 Å². The molecule has 12 heteroatoms. The van der Waals surface area contributed by atoms with E-state index in [0.29, 0.717) is 5.78 Å². The Balaban J connectivity index is 2.05. The lowest BCUT2D eigenvalue weighted by molar-refractivity contribution is -0.0485. The molecule has 162 valence electrons. The van der Waals surface area contributed by atoms with Gasteiger partial charge in [0.1, 0.15) is 18.3 Å². The van der Waals surface area contributed by atoms with E-state index in [-0.39, 0.29) is 17.2 Å². The molecule has 2 aromatic rings. The Hall–Kier alpha value is -1.33. The minimum absolute atomic E-state index is 0.131. The summed E-state index contributed by atoms with van der Waals surface area (Å²) in [5.74, 6) is 0.290. The van der Waals surface area contributed by atoms with Crippen molar-refractivity contribution in [1.82, 2.24) is 14.0 Å². The van der Waals surface area contributed by atoms with Crippen molar-refractivity contribution >= 4 is 22.3 Å². The summed E-state index contributed by atoms with van der Waals surface area (Å²) in [7, 11) is -5.66. The summed E-state index contributed by atoms with van der Waals surface area (Å²) in [6.45, 7) is 9.94.